The number of nitrogens with zero attached hydrogens (tertiary/aromatic N) is 3. The maximum atomic E-state index is 13.0. The second-order valence-corrected chi connectivity index (χ2v) is 9.94. The van der Waals surface area contributed by atoms with Crippen LogP contribution < -0.4 is 9.47 Å². The highest BCUT2D eigenvalue weighted by Gasteiger charge is 2.28. The molecular weight excluding hydrogens is 494 g/mol. The highest BCUT2D eigenvalue weighted by molar-refractivity contribution is 5.85. The lowest BCUT2D eigenvalue weighted by molar-refractivity contribution is -0.131. The molecule has 0 radical (unpaired) electrons. The third-order valence-electron chi connectivity index (χ3n) is 7.46. The number of rotatable bonds is 9. The van der Waals surface area contributed by atoms with Gasteiger partial charge in [0.25, 0.3) is 0 Å². The summed E-state index contributed by atoms with van der Waals surface area (Å²) in [5.74, 6) is 2.09. The Morgan fingerprint density at radius 2 is 1.62 bits per heavy atom. The van der Waals surface area contributed by atoms with Crippen molar-refractivity contribution in [3.63, 3.8) is 0 Å². The molecule has 2 aliphatic rings. The first kappa shape index (κ1) is 28.6. The summed E-state index contributed by atoms with van der Waals surface area (Å²) in [5.41, 5.74) is 6.10. The molecule has 37 heavy (non-hydrogen) atoms. The molecule has 4 rings (SSSR count). The van der Waals surface area contributed by atoms with Gasteiger partial charge in [0.1, 0.15) is 0 Å². The number of benzene rings is 2. The Hall–Kier alpha value is -2.97. The van der Waals surface area contributed by atoms with Crippen LogP contribution >= 0.6 is 12.4 Å². The molecule has 1 unspecified atom stereocenters. The van der Waals surface area contributed by atoms with Crippen LogP contribution in [0.2, 0.25) is 0 Å². The molecule has 0 aromatic heterocycles. The van der Waals surface area contributed by atoms with Crippen LogP contribution in [0.3, 0.4) is 0 Å². The summed E-state index contributed by atoms with van der Waals surface area (Å²) in [5, 5.41) is 9.13. The summed E-state index contributed by atoms with van der Waals surface area (Å²) in [6.45, 7) is 3.43. The molecule has 2 aromatic rings. The van der Waals surface area contributed by atoms with Crippen molar-refractivity contribution in [1.29, 1.82) is 0 Å². The standard InChI is InChI=1S/C28H37N3O5.ClH/c1-29(18-23-14-22-6-5-19(13-24(22)23)17-30(2)28(33)34)10-9-27(32)31-11-7-20-15-25(35-3)26(36-4)16-21(20)8-12-31;/h5-6,13,15-16,23H,7-12,14,17-18H2,1-4H3,(H,33,34);1H. The minimum absolute atomic E-state index is 0. The Bertz CT molecular complexity index is 1090. The van der Waals surface area contributed by atoms with E-state index in [0.717, 1.165) is 49.4 Å². The van der Waals surface area contributed by atoms with Crippen molar-refractivity contribution in [2.24, 2.45) is 0 Å². The fourth-order valence-electron chi connectivity index (χ4n) is 5.27. The van der Waals surface area contributed by atoms with Crippen molar-refractivity contribution in [3.05, 3.63) is 58.1 Å². The van der Waals surface area contributed by atoms with Crippen molar-refractivity contribution in [1.82, 2.24) is 14.7 Å². The zero-order chi connectivity index (χ0) is 25.8. The molecule has 1 heterocycles. The summed E-state index contributed by atoms with van der Waals surface area (Å²) < 4.78 is 10.9. The predicted octanol–water partition coefficient (Wildman–Crippen LogP) is 3.82. The molecule has 8 nitrogen and oxygen atoms in total. The van der Waals surface area contributed by atoms with Crippen molar-refractivity contribution in [2.75, 3.05) is 54.5 Å². The van der Waals surface area contributed by atoms with Crippen LogP contribution in [-0.4, -0.2) is 86.3 Å². The first-order chi connectivity index (χ1) is 17.3. The molecule has 1 aliphatic carbocycles. The third-order valence-corrected chi connectivity index (χ3v) is 7.46. The third kappa shape index (κ3) is 6.67. The molecule has 1 atom stereocenters. The van der Waals surface area contributed by atoms with Crippen molar-refractivity contribution in [3.8, 4) is 11.5 Å². The fraction of sp³-hybridized carbons (Fsp3) is 0.500. The van der Waals surface area contributed by atoms with Gasteiger partial charge in [0.2, 0.25) is 5.91 Å². The van der Waals surface area contributed by atoms with Gasteiger partial charge in [-0.25, -0.2) is 4.79 Å². The maximum Gasteiger partial charge on any atom is 0.407 e. The fourth-order valence-corrected chi connectivity index (χ4v) is 5.27. The van der Waals surface area contributed by atoms with Crippen LogP contribution in [-0.2, 0) is 30.6 Å². The highest BCUT2D eigenvalue weighted by atomic mass is 35.5. The molecule has 1 N–H and O–H groups in total. The number of amides is 2. The number of halogens is 1. The normalized spacial score (nSPS) is 16.0. The second-order valence-electron chi connectivity index (χ2n) is 9.94. The first-order valence-corrected chi connectivity index (χ1v) is 12.5. The van der Waals surface area contributed by atoms with Crippen LogP contribution in [0.5, 0.6) is 11.5 Å². The molecule has 9 heteroatoms. The number of methoxy groups -OCH3 is 2. The van der Waals surface area contributed by atoms with Gasteiger partial charge in [-0.3, -0.25) is 4.79 Å². The van der Waals surface area contributed by atoms with E-state index in [-0.39, 0.29) is 18.3 Å². The van der Waals surface area contributed by atoms with Gasteiger partial charge in [0, 0.05) is 52.1 Å². The number of ether oxygens (including phenoxy) is 2. The second kappa shape index (κ2) is 12.5. The van der Waals surface area contributed by atoms with E-state index in [1.165, 1.54) is 27.2 Å². The first-order valence-electron chi connectivity index (χ1n) is 12.5. The van der Waals surface area contributed by atoms with Gasteiger partial charge in [-0.15, -0.1) is 12.4 Å². The Labute approximate surface area is 225 Å². The monoisotopic (exact) mass is 531 g/mol. The Morgan fingerprint density at radius 1 is 1.00 bits per heavy atom. The molecule has 0 saturated heterocycles. The molecular formula is C28H38ClN3O5. The summed E-state index contributed by atoms with van der Waals surface area (Å²) in [6, 6.07) is 10.3. The zero-order valence-corrected chi connectivity index (χ0v) is 23.0. The Kier molecular flexibility index (Phi) is 9.68. The molecule has 2 amide bonds. The number of fused-ring (bicyclic) bond motifs is 2. The minimum atomic E-state index is -0.925. The van der Waals surface area contributed by atoms with Gasteiger partial charge in [0.05, 0.1) is 14.2 Å². The van der Waals surface area contributed by atoms with Crippen molar-refractivity contribution < 1.29 is 24.2 Å². The SMILES string of the molecule is COc1cc2c(cc1OC)CCN(C(=O)CCN(C)CC1Cc3ccc(CN(C)C(=O)O)cc31)CC2.Cl. The van der Waals surface area contributed by atoms with Crippen LogP contribution in [0, 0.1) is 0 Å². The van der Waals surface area contributed by atoms with Gasteiger partial charge in [-0.05, 0) is 66.3 Å². The lowest BCUT2D eigenvalue weighted by atomic mass is 9.76. The topological polar surface area (TPSA) is 82.6 Å². The summed E-state index contributed by atoms with van der Waals surface area (Å²) >= 11 is 0. The zero-order valence-electron chi connectivity index (χ0n) is 22.2. The van der Waals surface area contributed by atoms with Gasteiger partial charge >= 0.3 is 6.09 Å². The maximum absolute atomic E-state index is 13.0. The lowest BCUT2D eigenvalue weighted by Crippen LogP contribution is -2.37. The molecule has 2 aromatic carbocycles. The van der Waals surface area contributed by atoms with Crippen LogP contribution in [0.1, 0.15) is 40.2 Å². The number of likely N-dealkylation sites (N-methyl/N-ethyl adjacent to an activating group) is 1. The van der Waals surface area contributed by atoms with Gasteiger partial charge in [0.15, 0.2) is 11.5 Å². The minimum Gasteiger partial charge on any atom is -0.493 e. The molecule has 202 valence electrons. The smallest absolute Gasteiger partial charge is 0.407 e. The number of hydrogen-bond donors (Lipinski definition) is 1. The number of carboxylic acid groups (broad SMARTS) is 1. The summed E-state index contributed by atoms with van der Waals surface area (Å²) in [6.07, 6.45) is 2.24. The molecule has 0 bridgehead atoms. The summed E-state index contributed by atoms with van der Waals surface area (Å²) in [7, 11) is 6.95. The number of carbonyl (C=O) groups is 2. The van der Waals surface area contributed by atoms with E-state index in [1.807, 2.05) is 23.1 Å². The van der Waals surface area contributed by atoms with E-state index >= 15 is 0 Å². The van der Waals surface area contributed by atoms with E-state index in [1.54, 1.807) is 21.3 Å². The Balaban J connectivity index is 0.00000380. The Morgan fingerprint density at radius 3 is 2.19 bits per heavy atom. The average molecular weight is 532 g/mol. The van der Waals surface area contributed by atoms with Crippen molar-refractivity contribution in [2.45, 2.75) is 38.1 Å². The van der Waals surface area contributed by atoms with E-state index in [0.29, 0.717) is 32.0 Å². The molecule has 1 aliphatic heterocycles. The molecule has 0 saturated carbocycles. The molecule has 0 spiro atoms. The van der Waals surface area contributed by atoms with E-state index < -0.39 is 6.09 Å². The average Bonchev–Trinajstić information content (AvgIpc) is 3.07. The van der Waals surface area contributed by atoms with Gasteiger partial charge in [-0.1, -0.05) is 18.2 Å². The van der Waals surface area contributed by atoms with Crippen LogP contribution in [0.25, 0.3) is 0 Å². The largest absolute Gasteiger partial charge is 0.493 e. The number of hydrogen-bond acceptors (Lipinski definition) is 5. The molecule has 0 fully saturated rings. The van der Waals surface area contributed by atoms with E-state index in [2.05, 4.69) is 24.1 Å². The predicted molar refractivity (Wildman–Crippen MR) is 145 cm³/mol. The summed E-state index contributed by atoms with van der Waals surface area (Å²) in [4.78, 5) is 29.7. The lowest BCUT2D eigenvalue weighted by Gasteiger charge is -2.34. The van der Waals surface area contributed by atoms with Gasteiger partial charge < -0.3 is 29.3 Å². The van der Waals surface area contributed by atoms with E-state index in [4.69, 9.17) is 14.6 Å². The van der Waals surface area contributed by atoms with Crippen LogP contribution in [0.4, 0.5) is 4.79 Å². The number of carbonyl (C=O) groups excluding carboxylic acids is 1. The van der Waals surface area contributed by atoms with E-state index in [9.17, 15) is 9.59 Å². The van der Waals surface area contributed by atoms with Crippen LogP contribution in [0.15, 0.2) is 30.3 Å². The highest BCUT2D eigenvalue weighted by Crippen LogP contribution is 2.36. The van der Waals surface area contributed by atoms with Gasteiger partial charge in [-0.2, -0.15) is 0 Å². The van der Waals surface area contributed by atoms with Crippen molar-refractivity contribution >= 4 is 24.4 Å². The quantitative estimate of drug-likeness (QED) is 0.529.